The van der Waals surface area contributed by atoms with Crippen molar-refractivity contribution in [2.75, 3.05) is 20.1 Å². The minimum atomic E-state index is 0.290. The van der Waals surface area contributed by atoms with Gasteiger partial charge in [-0.25, -0.2) is 0 Å². The highest BCUT2D eigenvalue weighted by Gasteiger charge is 2.28. The van der Waals surface area contributed by atoms with Crippen LogP contribution in [0.1, 0.15) is 39.2 Å². The Bertz CT molecular complexity index is 668. The molecule has 1 fully saturated rings. The molecule has 1 aliphatic rings. The van der Waals surface area contributed by atoms with Gasteiger partial charge < -0.3 is 4.74 Å². The first-order valence-electron chi connectivity index (χ1n) is 9.69. The maximum atomic E-state index is 5.88. The largest absolute Gasteiger partial charge is 0.457 e. The first-order chi connectivity index (χ1) is 12.4. The zero-order valence-electron chi connectivity index (χ0n) is 16.6. The number of likely N-dealkylation sites (tertiary alicyclic amines) is 1. The van der Waals surface area contributed by atoms with E-state index in [9.17, 15) is 0 Å². The van der Waals surface area contributed by atoms with Crippen molar-refractivity contribution in [2.45, 2.75) is 51.7 Å². The molecule has 26 heavy (non-hydrogen) atoms. The summed E-state index contributed by atoms with van der Waals surface area (Å²) in [5.41, 5.74) is 1.63. The van der Waals surface area contributed by atoms with Crippen molar-refractivity contribution in [3.63, 3.8) is 0 Å². The molecule has 3 rings (SSSR count). The molecule has 0 saturated carbocycles. The Balaban J connectivity index is 1.51. The molecular formula is C23H32N2O. The second kappa shape index (κ2) is 8.24. The van der Waals surface area contributed by atoms with Crippen LogP contribution in [0.15, 0.2) is 54.6 Å². The molecule has 0 aliphatic carbocycles. The Morgan fingerprint density at radius 1 is 0.923 bits per heavy atom. The molecule has 0 amide bonds. The Hall–Kier alpha value is -1.84. The van der Waals surface area contributed by atoms with Crippen LogP contribution in [0.5, 0.6) is 11.5 Å². The van der Waals surface area contributed by atoms with Gasteiger partial charge in [-0.1, -0.05) is 30.3 Å². The Labute approximate surface area is 158 Å². The molecule has 1 aliphatic heterocycles. The smallest absolute Gasteiger partial charge is 0.127 e. The molecule has 140 valence electrons. The predicted molar refractivity (Wildman–Crippen MR) is 109 cm³/mol. The van der Waals surface area contributed by atoms with Crippen LogP contribution in [0.25, 0.3) is 0 Å². The molecule has 2 aromatic carbocycles. The van der Waals surface area contributed by atoms with E-state index < -0.39 is 0 Å². The molecule has 0 bridgehead atoms. The molecule has 0 atom stereocenters. The zero-order chi connectivity index (χ0) is 18.6. The van der Waals surface area contributed by atoms with E-state index in [1.165, 1.54) is 31.5 Å². The van der Waals surface area contributed by atoms with E-state index in [2.05, 4.69) is 61.9 Å². The van der Waals surface area contributed by atoms with Crippen molar-refractivity contribution >= 4 is 0 Å². The first-order valence-corrected chi connectivity index (χ1v) is 9.69. The molecule has 3 nitrogen and oxygen atoms in total. The van der Waals surface area contributed by atoms with Gasteiger partial charge in [0.05, 0.1) is 0 Å². The number of para-hydroxylation sites is 1. The number of benzene rings is 2. The van der Waals surface area contributed by atoms with Gasteiger partial charge in [0.15, 0.2) is 0 Å². The van der Waals surface area contributed by atoms with Gasteiger partial charge >= 0.3 is 0 Å². The standard InChI is InChI=1S/C23H32N2O/c1-23(2,3)25-16-14-20(15-17-25)24(4)18-19-10-12-22(13-11-19)26-21-8-6-5-7-9-21/h5-13,20H,14-18H2,1-4H3. The van der Waals surface area contributed by atoms with Crippen LogP contribution in [-0.2, 0) is 6.54 Å². The molecule has 1 saturated heterocycles. The van der Waals surface area contributed by atoms with Crippen LogP contribution >= 0.6 is 0 Å². The fourth-order valence-electron chi connectivity index (χ4n) is 3.68. The van der Waals surface area contributed by atoms with E-state index in [1.54, 1.807) is 0 Å². The quantitative estimate of drug-likeness (QED) is 0.738. The van der Waals surface area contributed by atoms with E-state index >= 15 is 0 Å². The van der Waals surface area contributed by atoms with Crippen LogP contribution in [0.3, 0.4) is 0 Å². The molecule has 2 aromatic rings. The van der Waals surface area contributed by atoms with E-state index in [0.29, 0.717) is 6.04 Å². The average Bonchev–Trinajstić information content (AvgIpc) is 2.63. The van der Waals surface area contributed by atoms with E-state index in [1.807, 2.05) is 30.3 Å². The minimum Gasteiger partial charge on any atom is -0.457 e. The topological polar surface area (TPSA) is 15.7 Å². The molecule has 3 heteroatoms. The van der Waals surface area contributed by atoms with Crippen molar-refractivity contribution in [1.82, 2.24) is 9.80 Å². The third-order valence-electron chi connectivity index (χ3n) is 5.37. The summed E-state index contributed by atoms with van der Waals surface area (Å²) >= 11 is 0. The third kappa shape index (κ3) is 5.09. The molecule has 0 unspecified atom stereocenters. The molecule has 0 N–H and O–H groups in total. The summed E-state index contributed by atoms with van der Waals surface area (Å²) in [6.07, 6.45) is 2.51. The number of rotatable bonds is 5. The SMILES string of the molecule is CN(Cc1ccc(Oc2ccccc2)cc1)C1CCN(C(C)(C)C)CC1. The Kier molecular flexibility index (Phi) is 6.00. The first kappa shape index (κ1) is 18.9. The monoisotopic (exact) mass is 352 g/mol. The second-order valence-electron chi connectivity index (χ2n) is 8.36. The van der Waals surface area contributed by atoms with Crippen LogP contribution in [0.4, 0.5) is 0 Å². The fourth-order valence-corrected chi connectivity index (χ4v) is 3.68. The van der Waals surface area contributed by atoms with Crippen molar-refractivity contribution in [1.29, 1.82) is 0 Å². The van der Waals surface area contributed by atoms with E-state index in [-0.39, 0.29) is 5.54 Å². The lowest BCUT2D eigenvalue weighted by Gasteiger charge is -2.43. The number of hydrogen-bond acceptors (Lipinski definition) is 3. The number of hydrogen-bond donors (Lipinski definition) is 0. The summed E-state index contributed by atoms with van der Waals surface area (Å²) in [5, 5.41) is 0. The molecule has 0 radical (unpaired) electrons. The zero-order valence-corrected chi connectivity index (χ0v) is 16.6. The van der Waals surface area contributed by atoms with Gasteiger partial charge in [-0.15, -0.1) is 0 Å². The maximum Gasteiger partial charge on any atom is 0.127 e. The van der Waals surface area contributed by atoms with Gasteiger partial charge in [-0.05, 0) is 70.5 Å². The molecule has 1 heterocycles. The normalized spacial score (nSPS) is 16.8. The van der Waals surface area contributed by atoms with Crippen LogP contribution in [0, 0.1) is 0 Å². The van der Waals surface area contributed by atoms with Gasteiger partial charge in [-0.2, -0.15) is 0 Å². The van der Waals surface area contributed by atoms with Crippen molar-refractivity contribution in [3.8, 4) is 11.5 Å². The molecular weight excluding hydrogens is 320 g/mol. The van der Waals surface area contributed by atoms with Gasteiger partial charge in [0, 0.05) is 31.2 Å². The summed E-state index contributed by atoms with van der Waals surface area (Å²) in [6, 6.07) is 19.1. The highest BCUT2D eigenvalue weighted by molar-refractivity contribution is 5.32. The number of ether oxygens (including phenoxy) is 1. The minimum absolute atomic E-state index is 0.290. The summed E-state index contributed by atoms with van der Waals surface area (Å²) < 4.78 is 5.88. The fraction of sp³-hybridized carbons (Fsp3) is 0.478. The van der Waals surface area contributed by atoms with Crippen molar-refractivity contribution < 1.29 is 4.74 Å². The van der Waals surface area contributed by atoms with Crippen molar-refractivity contribution in [3.05, 3.63) is 60.2 Å². The number of piperidine rings is 1. The lowest BCUT2D eigenvalue weighted by atomic mass is 9.97. The summed E-state index contributed by atoms with van der Waals surface area (Å²) in [6.45, 7) is 10.3. The highest BCUT2D eigenvalue weighted by atomic mass is 16.5. The van der Waals surface area contributed by atoms with E-state index in [4.69, 9.17) is 4.74 Å². The van der Waals surface area contributed by atoms with Gasteiger partial charge in [0.2, 0.25) is 0 Å². The average molecular weight is 353 g/mol. The van der Waals surface area contributed by atoms with E-state index in [0.717, 1.165) is 18.0 Å². The lowest BCUT2D eigenvalue weighted by Crippen LogP contribution is -2.50. The number of nitrogens with zero attached hydrogens (tertiary/aromatic N) is 2. The van der Waals surface area contributed by atoms with Crippen LogP contribution in [-0.4, -0.2) is 41.5 Å². The lowest BCUT2D eigenvalue weighted by molar-refractivity contribution is 0.0632. The van der Waals surface area contributed by atoms with Gasteiger partial charge in [-0.3, -0.25) is 9.80 Å². The third-order valence-corrected chi connectivity index (χ3v) is 5.37. The Morgan fingerprint density at radius 3 is 2.08 bits per heavy atom. The van der Waals surface area contributed by atoms with Crippen LogP contribution in [0.2, 0.25) is 0 Å². The summed E-state index contributed by atoms with van der Waals surface area (Å²) in [7, 11) is 2.26. The maximum absolute atomic E-state index is 5.88. The molecule has 0 spiro atoms. The van der Waals surface area contributed by atoms with Crippen LogP contribution < -0.4 is 4.74 Å². The highest BCUT2D eigenvalue weighted by Crippen LogP contribution is 2.25. The Morgan fingerprint density at radius 2 is 1.50 bits per heavy atom. The summed E-state index contributed by atoms with van der Waals surface area (Å²) in [4.78, 5) is 5.11. The van der Waals surface area contributed by atoms with Crippen molar-refractivity contribution in [2.24, 2.45) is 0 Å². The molecule has 0 aromatic heterocycles. The van der Waals surface area contributed by atoms with Gasteiger partial charge in [0.25, 0.3) is 0 Å². The van der Waals surface area contributed by atoms with Gasteiger partial charge in [0.1, 0.15) is 11.5 Å². The second-order valence-corrected chi connectivity index (χ2v) is 8.36. The summed E-state index contributed by atoms with van der Waals surface area (Å²) in [5.74, 6) is 1.77. The predicted octanol–water partition coefficient (Wildman–Crippen LogP) is 5.17.